The van der Waals surface area contributed by atoms with Gasteiger partial charge in [-0.05, 0) is 61.7 Å². The van der Waals surface area contributed by atoms with Crippen LogP contribution in [0.4, 0.5) is 0 Å². The Morgan fingerprint density at radius 1 is 1.11 bits per heavy atom. The summed E-state index contributed by atoms with van der Waals surface area (Å²) in [6.45, 7) is 2.06. The number of rotatable bonds is 3. The lowest BCUT2D eigenvalue weighted by Gasteiger charge is -2.39. The summed E-state index contributed by atoms with van der Waals surface area (Å²) in [5.41, 5.74) is 2.83. The highest BCUT2D eigenvalue weighted by atomic mass is 16.5. The van der Waals surface area contributed by atoms with Crippen LogP contribution in [0.1, 0.15) is 41.6 Å². The third kappa shape index (κ3) is 3.01. The number of aryl methyl sites for hydroxylation is 1. The fourth-order valence-electron chi connectivity index (χ4n) is 4.73. The van der Waals surface area contributed by atoms with E-state index in [9.17, 15) is 4.79 Å². The first-order chi connectivity index (χ1) is 13.7. The highest BCUT2D eigenvalue weighted by Gasteiger charge is 2.44. The van der Waals surface area contributed by atoms with Gasteiger partial charge in [0.05, 0.1) is 11.7 Å². The minimum atomic E-state index is 0.137. The third-order valence-electron chi connectivity index (χ3n) is 6.07. The van der Waals surface area contributed by atoms with E-state index >= 15 is 0 Å². The zero-order valence-electron chi connectivity index (χ0n) is 15.9. The first-order valence-corrected chi connectivity index (χ1v) is 9.94. The smallest absolute Gasteiger partial charge is 0.254 e. The van der Waals surface area contributed by atoms with Gasteiger partial charge in [-0.2, -0.15) is 0 Å². The van der Waals surface area contributed by atoms with Crippen molar-refractivity contribution < 1.29 is 9.53 Å². The minimum Gasteiger partial charge on any atom is -0.489 e. The number of piperidine rings is 1. The molecule has 1 aromatic carbocycles. The molecule has 2 fully saturated rings. The number of benzene rings is 1. The van der Waals surface area contributed by atoms with Crippen molar-refractivity contribution in [1.29, 1.82) is 0 Å². The number of aromatic nitrogens is 2. The van der Waals surface area contributed by atoms with Crippen molar-refractivity contribution in [3.05, 3.63) is 66.1 Å². The molecule has 3 aromatic rings. The molecule has 28 heavy (non-hydrogen) atoms. The van der Waals surface area contributed by atoms with Gasteiger partial charge in [-0.15, -0.1) is 0 Å². The van der Waals surface area contributed by atoms with E-state index in [-0.39, 0.29) is 24.1 Å². The summed E-state index contributed by atoms with van der Waals surface area (Å²) in [5, 5.41) is 1.05. The van der Waals surface area contributed by atoms with Crippen LogP contribution in [0.3, 0.4) is 0 Å². The zero-order chi connectivity index (χ0) is 19.1. The van der Waals surface area contributed by atoms with Crippen molar-refractivity contribution in [1.82, 2.24) is 14.9 Å². The maximum atomic E-state index is 13.3. The highest BCUT2D eigenvalue weighted by Crippen LogP contribution is 2.38. The Morgan fingerprint density at radius 2 is 1.93 bits per heavy atom. The quantitative estimate of drug-likeness (QED) is 0.692. The molecule has 0 aliphatic carbocycles. The van der Waals surface area contributed by atoms with Gasteiger partial charge >= 0.3 is 0 Å². The Balaban J connectivity index is 1.36. The zero-order valence-corrected chi connectivity index (χ0v) is 15.9. The van der Waals surface area contributed by atoms with Crippen LogP contribution in [-0.2, 0) is 0 Å². The van der Waals surface area contributed by atoms with Gasteiger partial charge < -0.3 is 9.64 Å². The summed E-state index contributed by atoms with van der Waals surface area (Å²) >= 11 is 0. The number of carbonyl (C=O) groups is 1. The Bertz CT molecular complexity index is 1010. The summed E-state index contributed by atoms with van der Waals surface area (Å²) in [4.78, 5) is 24.0. The van der Waals surface area contributed by atoms with Gasteiger partial charge in [0, 0.05) is 48.3 Å². The van der Waals surface area contributed by atoms with E-state index in [1.54, 1.807) is 12.4 Å². The average Bonchev–Trinajstić information content (AvgIpc) is 2.99. The molecule has 5 rings (SSSR count). The number of nitrogens with zero attached hydrogens (tertiary/aromatic N) is 3. The van der Waals surface area contributed by atoms with Crippen LogP contribution in [-0.4, -0.2) is 39.0 Å². The molecule has 2 aliphatic rings. The van der Waals surface area contributed by atoms with Crippen LogP contribution in [0.5, 0.6) is 5.75 Å². The SMILES string of the molecule is Cc1ccnc2ccc(C(=O)N3C4CCC3CC(Oc3cccnc3)C4)cc12. The van der Waals surface area contributed by atoms with Crippen LogP contribution < -0.4 is 4.74 Å². The molecule has 5 heteroatoms. The van der Waals surface area contributed by atoms with E-state index in [2.05, 4.69) is 21.8 Å². The molecule has 0 saturated carbocycles. The topological polar surface area (TPSA) is 55.3 Å². The first kappa shape index (κ1) is 17.2. The number of hydrogen-bond acceptors (Lipinski definition) is 4. The Kier molecular flexibility index (Phi) is 4.23. The molecule has 2 aliphatic heterocycles. The second-order valence-electron chi connectivity index (χ2n) is 7.86. The molecular formula is C23H23N3O2. The third-order valence-corrected chi connectivity index (χ3v) is 6.07. The van der Waals surface area contributed by atoms with E-state index in [1.807, 2.05) is 42.6 Å². The van der Waals surface area contributed by atoms with Gasteiger partial charge in [0.25, 0.3) is 5.91 Å². The van der Waals surface area contributed by atoms with Gasteiger partial charge in [0.15, 0.2) is 0 Å². The number of amides is 1. The van der Waals surface area contributed by atoms with Crippen molar-refractivity contribution in [2.45, 2.75) is 50.8 Å². The van der Waals surface area contributed by atoms with Gasteiger partial charge in [0.1, 0.15) is 11.9 Å². The normalized spacial score (nSPS) is 23.8. The molecular weight excluding hydrogens is 350 g/mol. The molecule has 0 N–H and O–H groups in total. The number of pyridine rings is 2. The van der Waals surface area contributed by atoms with Crippen LogP contribution in [0.15, 0.2) is 55.0 Å². The molecule has 5 nitrogen and oxygen atoms in total. The van der Waals surface area contributed by atoms with Gasteiger partial charge in [-0.3, -0.25) is 14.8 Å². The monoisotopic (exact) mass is 373 g/mol. The van der Waals surface area contributed by atoms with Crippen LogP contribution in [0.2, 0.25) is 0 Å². The van der Waals surface area contributed by atoms with E-state index in [0.717, 1.165) is 53.5 Å². The number of hydrogen-bond donors (Lipinski definition) is 0. The number of carbonyl (C=O) groups excluding carboxylic acids is 1. The van der Waals surface area contributed by atoms with Crippen LogP contribution >= 0.6 is 0 Å². The van der Waals surface area contributed by atoms with Crippen molar-refractivity contribution >= 4 is 16.8 Å². The van der Waals surface area contributed by atoms with Crippen molar-refractivity contribution in [2.75, 3.05) is 0 Å². The molecule has 2 atom stereocenters. The molecule has 0 radical (unpaired) electrons. The van der Waals surface area contributed by atoms with E-state index in [0.29, 0.717) is 0 Å². The lowest BCUT2D eigenvalue weighted by Crippen LogP contribution is -2.49. The number of ether oxygens (including phenoxy) is 1. The van der Waals surface area contributed by atoms with E-state index in [4.69, 9.17) is 4.74 Å². The highest BCUT2D eigenvalue weighted by molar-refractivity contribution is 5.99. The van der Waals surface area contributed by atoms with Crippen molar-refractivity contribution in [3.63, 3.8) is 0 Å². The molecule has 0 spiro atoms. The molecule has 2 unspecified atom stereocenters. The van der Waals surface area contributed by atoms with Crippen LogP contribution in [0, 0.1) is 6.92 Å². The second kappa shape index (κ2) is 6.89. The predicted octanol–water partition coefficient (Wildman–Crippen LogP) is 4.15. The number of fused-ring (bicyclic) bond motifs is 3. The van der Waals surface area contributed by atoms with E-state index in [1.165, 1.54) is 0 Å². The summed E-state index contributed by atoms with van der Waals surface area (Å²) in [7, 11) is 0. The van der Waals surface area contributed by atoms with E-state index < -0.39 is 0 Å². The van der Waals surface area contributed by atoms with Gasteiger partial charge in [-0.25, -0.2) is 0 Å². The standard InChI is InChI=1S/C23H23N3O2/c1-15-8-10-25-22-7-4-16(11-21(15)22)23(27)26-17-5-6-18(26)13-20(12-17)28-19-3-2-9-24-14-19/h2-4,7-11,14,17-18,20H,5-6,12-13H2,1H3. The van der Waals surface area contributed by atoms with Gasteiger partial charge in [-0.1, -0.05) is 0 Å². The fourth-order valence-corrected chi connectivity index (χ4v) is 4.73. The molecule has 2 saturated heterocycles. The van der Waals surface area contributed by atoms with Crippen molar-refractivity contribution in [3.8, 4) is 5.75 Å². The Labute approximate surface area is 164 Å². The average molecular weight is 373 g/mol. The molecule has 142 valence electrons. The minimum absolute atomic E-state index is 0.137. The Hall–Kier alpha value is -2.95. The first-order valence-electron chi connectivity index (χ1n) is 9.94. The summed E-state index contributed by atoms with van der Waals surface area (Å²) in [5.74, 6) is 0.946. The summed E-state index contributed by atoms with van der Waals surface area (Å²) in [6, 6.07) is 12.2. The van der Waals surface area contributed by atoms with Crippen molar-refractivity contribution in [2.24, 2.45) is 0 Å². The largest absolute Gasteiger partial charge is 0.489 e. The maximum Gasteiger partial charge on any atom is 0.254 e. The van der Waals surface area contributed by atoms with Crippen LogP contribution in [0.25, 0.3) is 10.9 Å². The predicted molar refractivity (Wildman–Crippen MR) is 107 cm³/mol. The molecule has 1 amide bonds. The summed E-state index contributed by atoms with van der Waals surface area (Å²) in [6.07, 6.45) is 9.33. The summed E-state index contributed by atoms with van der Waals surface area (Å²) < 4.78 is 6.13. The molecule has 4 heterocycles. The maximum absolute atomic E-state index is 13.3. The van der Waals surface area contributed by atoms with Gasteiger partial charge in [0.2, 0.25) is 0 Å². The Morgan fingerprint density at radius 3 is 2.68 bits per heavy atom. The molecule has 2 aromatic heterocycles. The lowest BCUT2D eigenvalue weighted by atomic mass is 9.97. The lowest BCUT2D eigenvalue weighted by molar-refractivity contribution is 0.0358. The fraction of sp³-hybridized carbons (Fsp3) is 0.348. The molecule has 2 bridgehead atoms. The second-order valence-corrected chi connectivity index (χ2v) is 7.86.